The zero-order chi connectivity index (χ0) is 21.2. The minimum absolute atomic E-state index is 0.00447. The van der Waals surface area contributed by atoms with E-state index in [4.69, 9.17) is 4.74 Å². The molecule has 0 fully saturated rings. The number of rotatable bonds is 7. The zero-order valence-electron chi connectivity index (χ0n) is 16.7. The summed E-state index contributed by atoms with van der Waals surface area (Å²) in [6.07, 6.45) is 4.73. The summed E-state index contributed by atoms with van der Waals surface area (Å²) in [6, 6.07) is 3.49. The number of aryl methyl sites for hydroxylation is 1. The van der Waals surface area contributed by atoms with Crippen LogP contribution in [0.2, 0.25) is 0 Å². The number of carbonyl (C=O) groups excluding carboxylic acids is 1. The first-order chi connectivity index (χ1) is 13.6. The van der Waals surface area contributed by atoms with Crippen LogP contribution in [-0.4, -0.2) is 44.2 Å². The average molecular weight is 403 g/mol. The number of fused-ring (bicyclic) bond motifs is 1. The zero-order valence-corrected chi connectivity index (χ0v) is 16.7. The van der Waals surface area contributed by atoms with E-state index in [2.05, 4.69) is 20.4 Å². The van der Waals surface area contributed by atoms with Gasteiger partial charge in [0.2, 0.25) is 0 Å². The summed E-state index contributed by atoms with van der Waals surface area (Å²) in [5.74, 6) is -2.85. The van der Waals surface area contributed by atoms with E-state index in [0.29, 0.717) is 40.1 Å². The first-order valence-electron chi connectivity index (χ1n) is 9.21. The topological polar surface area (TPSA) is 81.9 Å². The Morgan fingerprint density at radius 2 is 2.10 bits per heavy atom. The molecule has 0 aliphatic heterocycles. The molecule has 0 spiro atoms. The largest absolute Gasteiger partial charge is 0.485 e. The minimum Gasteiger partial charge on any atom is -0.485 e. The summed E-state index contributed by atoms with van der Waals surface area (Å²) in [7, 11) is 0. The Bertz CT molecular complexity index is 1030. The number of carbonyl (C=O) groups is 1. The van der Waals surface area contributed by atoms with Crippen LogP contribution in [0.5, 0.6) is 5.75 Å². The van der Waals surface area contributed by atoms with Crippen molar-refractivity contribution in [2.75, 3.05) is 6.61 Å². The third-order valence-corrected chi connectivity index (χ3v) is 4.04. The fourth-order valence-corrected chi connectivity index (χ4v) is 2.80. The SMILES string of the molecule is Cc1cc(Cn2cc3c(C(=O)NC(C)C)nccc3n2)ncc1OCC(C)(F)F. The molecule has 0 saturated heterocycles. The van der Waals surface area contributed by atoms with Gasteiger partial charge in [0.15, 0.2) is 6.61 Å². The van der Waals surface area contributed by atoms with Gasteiger partial charge in [-0.2, -0.15) is 5.10 Å². The molecule has 0 bridgehead atoms. The number of amides is 1. The van der Waals surface area contributed by atoms with E-state index in [1.165, 1.54) is 6.20 Å². The van der Waals surface area contributed by atoms with Crippen LogP contribution in [0, 0.1) is 6.92 Å². The molecule has 0 atom stereocenters. The molecule has 1 amide bonds. The van der Waals surface area contributed by atoms with E-state index in [-0.39, 0.29) is 11.9 Å². The molecule has 9 heteroatoms. The van der Waals surface area contributed by atoms with Crippen molar-refractivity contribution in [3.05, 3.63) is 47.7 Å². The second-order valence-electron chi connectivity index (χ2n) is 7.35. The van der Waals surface area contributed by atoms with Crippen molar-refractivity contribution in [3.63, 3.8) is 0 Å². The molecule has 0 aliphatic carbocycles. The molecule has 29 heavy (non-hydrogen) atoms. The second kappa shape index (κ2) is 8.10. The van der Waals surface area contributed by atoms with E-state index < -0.39 is 12.5 Å². The lowest BCUT2D eigenvalue weighted by Gasteiger charge is -2.14. The van der Waals surface area contributed by atoms with Crippen LogP contribution in [0.15, 0.2) is 30.7 Å². The Kier molecular flexibility index (Phi) is 5.76. The van der Waals surface area contributed by atoms with Crippen LogP contribution in [-0.2, 0) is 6.54 Å². The van der Waals surface area contributed by atoms with Crippen LogP contribution in [0.1, 0.15) is 42.5 Å². The van der Waals surface area contributed by atoms with E-state index in [9.17, 15) is 13.6 Å². The normalized spacial score (nSPS) is 11.8. The quantitative estimate of drug-likeness (QED) is 0.654. The molecule has 0 saturated carbocycles. The Morgan fingerprint density at radius 3 is 2.76 bits per heavy atom. The van der Waals surface area contributed by atoms with Gasteiger partial charge < -0.3 is 10.1 Å². The Hall–Kier alpha value is -3.10. The summed E-state index contributed by atoms with van der Waals surface area (Å²) >= 11 is 0. The van der Waals surface area contributed by atoms with Gasteiger partial charge in [0.1, 0.15) is 11.4 Å². The highest BCUT2D eigenvalue weighted by atomic mass is 19.3. The lowest BCUT2D eigenvalue weighted by molar-refractivity contribution is -0.0232. The number of ether oxygens (including phenoxy) is 1. The van der Waals surface area contributed by atoms with Crippen molar-refractivity contribution in [2.45, 2.75) is 46.2 Å². The maximum atomic E-state index is 13.0. The number of alkyl halides is 2. The van der Waals surface area contributed by atoms with Gasteiger partial charge in [-0.25, -0.2) is 8.78 Å². The van der Waals surface area contributed by atoms with Gasteiger partial charge in [0.25, 0.3) is 11.8 Å². The third kappa shape index (κ3) is 5.24. The van der Waals surface area contributed by atoms with Crippen molar-refractivity contribution < 1.29 is 18.3 Å². The monoisotopic (exact) mass is 403 g/mol. The molecule has 154 valence electrons. The van der Waals surface area contributed by atoms with Gasteiger partial charge in [0, 0.05) is 25.4 Å². The fraction of sp³-hybridized carbons (Fsp3) is 0.400. The minimum atomic E-state index is -2.91. The van der Waals surface area contributed by atoms with E-state index in [1.807, 2.05) is 13.8 Å². The highest BCUT2D eigenvalue weighted by Crippen LogP contribution is 2.21. The molecule has 0 aliphatic rings. The predicted octanol–water partition coefficient (Wildman–Crippen LogP) is 3.36. The molecule has 3 aromatic rings. The van der Waals surface area contributed by atoms with Gasteiger partial charge in [-0.1, -0.05) is 0 Å². The third-order valence-electron chi connectivity index (χ3n) is 4.04. The number of nitrogens with one attached hydrogen (secondary N) is 1. The van der Waals surface area contributed by atoms with Crippen LogP contribution < -0.4 is 10.1 Å². The average Bonchev–Trinajstić information content (AvgIpc) is 3.01. The van der Waals surface area contributed by atoms with Crippen molar-refractivity contribution in [1.29, 1.82) is 0 Å². The van der Waals surface area contributed by atoms with Crippen molar-refractivity contribution in [2.24, 2.45) is 0 Å². The molecular weight excluding hydrogens is 380 g/mol. The number of hydrogen-bond donors (Lipinski definition) is 1. The summed E-state index contributed by atoms with van der Waals surface area (Å²) < 4.78 is 32.8. The van der Waals surface area contributed by atoms with E-state index in [0.717, 1.165) is 6.92 Å². The van der Waals surface area contributed by atoms with Crippen LogP contribution in [0.25, 0.3) is 10.9 Å². The predicted molar refractivity (Wildman–Crippen MR) is 104 cm³/mol. The smallest absolute Gasteiger partial charge is 0.278 e. The van der Waals surface area contributed by atoms with Crippen molar-refractivity contribution in [3.8, 4) is 5.75 Å². The first-order valence-corrected chi connectivity index (χ1v) is 9.21. The molecule has 0 unspecified atom stereocenters. The number of aromatic nitrogens is 4. The second-order valence-corrected chi connectivity index (χ2v) is 7.35. The number of pyridine rings is 2. The molecular formula is C20H23F2N5O2. The van der Waals surface area contributed by atoms with Gasteiger partial charge in [-0.05, 0) is 38.5 Å². The molecule has 3 aromatic heterocycles. The molecule has 7 nitrogen and oxygen atoms in total. The lowest BCUT2D eigenvalue weighted by Crippen LogP contribution is -2.30. The Morgan fingerprint density at radius 1 is 1.34 bits per heavy atom. The Labute approximate surface area is 167 Å². The Balaban J connectivity index is 1.80. The maximum Gasteiger partial charge on any atom is 0.278 e. The van der Waals surface area contributed by atoms with E-state index >= 15 is 0 Å². The number of hydrogen-bond acceptors (Lipinski definition) is 5. The molecule has 0 aromatic carbocycles. The number of nitrogens with zero attached hydrogens (tertiary/aromatic N) is 4. The number of halogens is 2. The fourth-order valence-electron chi connectivity index (χ4n) is 2.80. The molecule has 3 heterocycles. The highest BCUT2D eigenvalue weighted by molar-refractivity contribution is 6.04. The van der Waals surface area contributed by atoms with Gasteiger partial charge in [-0.3, -0.25) is 19.4 Å². The van der Waals surface area contributed by atoms with Crippen molar-refractivity contribution >= 4 is 16.8 Å². The standard InChI is InChI=1S/C20H23F2N5O2/c1-12(2)25-19(28)18-15-10-27(26-16(15)5-6-23-18)9-14-7-13(3)17(8-24-14)29-11-20(4,21)22/h5-8,10,12H,9,11H2,1-4H3,(H,25,28). The summed E-state index contributed by atoms with van der Waals surface area (Å²) in [5.41, 5.74) is 2.35. The highest BCUT2D eigenvalue weighted by Gasteiger charge is 2.22. The van der Waals surface area contributed by atoms with Crippen molar-refractivity contribution in [1.82, 2.24) is 25.1 Å². The molecule has 0 radical (unpaired) electrons. The first kappa shape index (κ1) is 20.6. The van der Waals surface area contributed by atoms with Crippen LogP contribution in [0.3, 0.4) is 0 Å². The molecule has 1 N–H and O–H groups in total. The summed E-state index contributed by atoms with van der Waals surface area (Å²) in [4.78, 5) is 20.8. The summed E-state index contributed by atoms with van der Waals surface area (Å²) in [5, 5.41) is 7.95. The summed E-state index contributed by atoms with van der Waals surface area (Å²) in [6.45, 7) is 5.98. The van der Waals surface area contributed by atoms with E-state index in [1.54, 1.807) is 36.1 Å². The maximum absolute atomic E-state index is 13.0. The van der Waals surface area contributed by atoms with Gasteiger partial charge in [0.05, 0.1) is 29.3 Å². The van der Waals surface area contributed by atoms with Crippen LogP contribution in [0.4, 0.5) is 8.78 Å². The van der Waals surface area contributed by atoms with Gasteiger partial charge in [-0.15, -0.1) is 0 Å². The van der Waals surface area contributed by atoms with Crippen LogP contribution >= 0.6 is 0 Å². The van der Waals surface area contributed by atoms with Gasteiger partial charge >= 0.3 is 0 Å². The lowest BCUT2D eigenvalue weighted by atomic mass is 10.2. The molecule has 3 rings (SSSR count).